The summed E-state index contributed by atoms with van der Waals surface area (Å²) < 4.78 is 10.6. The molecule has 30 heavy (non-hydrogen) atoms. The van der Waals surface area contributed by atoms with E-state index < -0.39 is 5.97 Å². The average molecular weight is 412 g/mol. The van der Waals surface area contributed by atoms with E-state index >= 15 is 0 Å². The van der Waals surface area contributed by atoms with Gasteiger partial charge >= 0.3 is 5.97 Å². The van der Waals surface area contributed by atoms with Gasteiger partial charge in [0.1, 0.15) is 5.75 Å². The van der Waals surface area contributed by atoms with Crippen LogP contribution in [0.25, 0.3) is 0 Å². The fourth-order valence-electron chi connectivity index (χ4n) is 3.63. The minimum atomic E-state index is -0.433. The van der Waals surface area contributed by atoms with Crippen LogP contribution in [0.5, 0.6) is 5.75 Å². The maximum Gasteiger partial charge on any atom is 0.337 e. The Bertz CT molecular complexity index is 945. The molecule has 162 valence electrons. The number of ether oxygens (including phenoxy) is 2. The van der Waals surface area contributed by atoms with Gasteiger partial charge < -0.3 is 14.8 Å². The number of benzene rings is 2. The summed E-state index contributed by atoms with van der Waals surface area (Å²) in [4.78, 5) is 24.6. The Kier molecular flexibility index (Phi) is 6.65. The quantitative estimate of drug-likeness (QED) is 0.662. The van der Waals surface area contributed by atoms with Gasteiger partial charge in [-0.05, 0) is 53.6 Å². The fourth-order valence-corrected chi connectivity index (χ4v) is 3.63. The van der Waals surface area contributed by atoms with Crippen molar-refractivity contribution < 1.29 is 19.1 Å². The maximum atomic E-state index is 12.9. The smallest absolute Gasteiger partial charge is 0.337 e. The summed E-state index contributed by atoms with van der Waals surface area (Å²) >= 11 is 0. The highest BCUT2D eigenvalue weighted by molar-refractivity contribution is 6.05. The lowest BCUT2D eigenvalue weighted by Gasteiger charge is -2.32. The summed E-state index contributed by atoms with van der Waals surface area (Å²) in [5.41, 5.74) is 4.39. The van der Waals surface area contributed by atoms with Crippen LogP contribution < -0.4 is 10.1 Å². The second-order valence-corrected chi connectivity index (χ2v) is 9.53. The van der Waals surface area contributed by atoms with Gasteiger partial charge in [0, 0.05) is 22.4 Å². The number of hydrogen-bond acceptors (Lipinski definition) is 4. The molecule has 0 saturated carbocycles. The van der Waals surface area contributed by atoms with Gasteiger partial charge in [-0.15, -0.1) is 0 Å². The Hall–Kier alpha value is -2.82. The summed E-state index contributed by atoms with van der Waals surface area (Å²) in [6.07, 6.45) is 0. The van der Waals surface area contributed by atoms with Gasteiger partial charge in [-0.1, -0.05) is 41.5 Å². The first kappa shape index (κ1) is 23.5. The number of hydrogen-bond donors (Lipinski definition) is 1. The van der Waals surface area contributed by atoms with Crippen LogP contribution in [0, 0.1) is 6.92 Å². The fraction of sp³-hybridized carbons (Fsp3) is 0.440. The number of anilines is 1. The van der Waals surface area contributed by atoms with Gasteiger partial charge in [-0.2, -0.15) is 0 Å². The van der Waals surface area contributed by atoms with Gasteiger partial charge in [-0.3, -0.25) is 4.79 Å². The Balaban J connectivity index is 2.53. The van der Waals surface area contributed by atoms with Crippen LogP contribution in [0.15, 0.2) is 30.3 Å². The standard InChI is InChI=1S/C25H33NO4/c1-15-19(26-22(27)16-10-12-17(13-11-16)23(28)30-9)14-18(24(2,3)4)21(29-8)20(15)25(5,6)7/h10-14H,1-9H3,(H,26,27). The van der Waals surface area contributed by atoms with Crippen molar-refractivity contribution in [3.63, 3.8) is 0 Å². The molecule has 2 rings (SSSR count). The molecule has 0 aliphatic rings. The monoisotopic (exact) mass is 411 g/mol. The molecule has 0 aliphatic heterocycles. The minimum absolute atomic E-state index is 0.166. The molecule has 0 fully saturated rings. The van der Waals surface area contributed by atoms with E-state index in [1.54, 1.807) is 31.4 Å². The molecule has 0 bridgehead atoms. The first-order valence-corrected chi connectivity index (χ1v) is 10.0. The van der Waals surface area contributed by atoms with Gasteiger partial charge in [0.15, 0.2) is 0 Å². The average Bonchev–Trinajstić information content (AvgIpc) is 2.66. The van der Waals surface area contributed by atoms with Crippen LogP contribution in [-0.2, 0) is 15.6 Å². The largest absolute Gasteiger partial charge is 0.496 e. The van der Waals surface area contributed by atoms with Gasteiger partial charge in [0.25, 0.3) is 5.91 Å². The van der Waals surface area contributed by atoms with Gasteiger partial charge in [0.05, 0.1) is 19.8 Å². The van der Waals surface area contributed by atoms with Crippen LogP contribution in [0.2, 0.25) is 0 Å². The summed E-state index contributed by atoms with van der Waals surface area (Å²) in [5, 5.41) is 3.05. The van der Waals surface area contributed by atoms with Crippen LogP contribution in [0.1, 0.15) is 78.9 Å². The Morgan fingerprint density at radius 2 is 1.40 bits per heavy atom. The molecule has 5 heteroatoms. The number of carbonyl (C=O) groups excluding carboxylic acids is 2. The predicted molar refractivity (Wildman–Crippen MR) is 121 cm³/mol. The van der Waals surface area contributed by atoms with E-state index in [9.17, 15) is 9.59 Å². The molecule has 0 radical (unpaired) electrons. The van der Waals surface area contributed by atoms with Crippen molar-refractivity contribution in [3.05, 3.63) is 58.1 Å². The Morgan fingerprint density at radius 3 is 1.83 bits per heavy atom. The SMILES string of the molecule is COC(=O)c1ccc(C(=O)Nc2cc(C(C)(C)C)c(OC)c(C(C)(C)C)c2C)cc1. The van der Waals surface area contributed by atoms with Crippen molar-refractivity contribution in [2.75, 3.05) is 19.5 Å². The summed E-state index contributed by atoms with van der Waals surface area (Å²) in [5.74, 6) is 0.199. The maximum absolute atomic E-state index is 12.9. The van der Waals surface area contributed by atoms with Gasteiger partial charge in [0.2, 0.25) is 0 Å². The highest BCUT2D eigenvalue weighted by atomic mass is 16.5. The lowest BCUT2D eigenvalue weighted by Crippen LogP contribution is -2.23. The number of amides is 1. The van der Waals surface area contributed by atoms with E-state index in [1.807, 2.05) is 13.0 Å². The number of carbonyl (C=O) groups is 2. The molecule has 0 unspecified atom stereocenters. The van der Waals surface area contributed by atoms with Crippen molar-refractivity contribution in [1.82, 2.24) is 0 Å². The second-order valence-electron chi connectivity index (χ2n) is 9.53. The molecule has 0 saturated heterocycles. The second kappa shape index (κ2) is 8.50. The van der Waals surface area contributed by atoms with Crippen molar-refractivity contribution in [1.29, 1.82) is 0 Å². The van der Waals surface area contributed by atoms with Crippen LogP contribution in [0.3, 0.4) is 0 Å². The highest BCUT2D eigenvalue weighted by Crippen LogP contribution is 2.44. The highest BCUT2D eigenvalue weighted by Gasteiger charge is 2.30. The van der Waals surface area contributed by atoms with Crippen LogP contribution in [-0.4, -0.2) is 26.1 Å². The van der Waals surface area contributed by atoms with Crippen LogP contribution in [0.4, 0.5) is 5.69 Å². The summed E-state index contributed by atoms with van der Waals surface area (Å²) in [6, 6.07) is 8.42. The van der Waals surface area contributed by atoms with Crippen molar-refractivity contribution in [2.24, 2.45) is 0 Å². The minimum Gasteiger partial charge on any atom is -0.496 e. The van der Waals surface area contributed by atoms with E-state index in [-0.39, 0.29) is 16.7 Å². The zero-order valence-electron chi connectivity index (χ0n) is 19.5. The van der Waals surface area contributed by atoms with Crippen molar-refractivity contribution >= 4 is 17.6 Å². The number of methoxy groups -OCH3 is 2. The van der Waals surface area contributed by atoms with Crippen molar-refractivity contribution in [2.45, 2.75) is 59.3 Å². The molecule has 0 atom stereocenters. The molecule has 2 aromatic carbocycles. The normalized spacial score (nSPS) is 11.8. The third-order valence-corrected chi connectivity index (χ3v) is 5.12. The Morgan fingerprint density at radius 1 is 0.867 bits per heavy atom. The van der Waals surface area contributed by atoms with E-state index in [4.69, 9.17) is 9.47 Å². The number of rotatable bonds is 4. The predicted octanol–water partition coefficient (Wildman–Crippen LogP) is 5.64. The Labute approximate surface area is 179 Å². The molecule has 1 amide bonds. The molecule has 0 spiro atoms. The van der Waals surface area contributed by atoms with Crippen molar-refractivity contribution in [3.8, 4) is 5.75 Å². The molecule has 5 nitrogen and oxygen atoms in total. The zero-order valence-corrected chi connectivity index (χ0v) is 19.5. The molecule has 0 aromatic heterocycles. The summed E-state index contributed by atoms with van der Waals surface area (Å²) in [7, 11) is 3.02. The lowest BCUT2D eigenvalue weighted by molar-refractivity contribution is 0.0600. The zero-order chi connectivity index (χ0) is 22.9. The van der Waals surface area contributed by atoms with E-state index in [2.05, 4.69) is 46.9 Å². The molecular formula is C25H33NO4. The third kappa shape index (κ3) is 4.84. The lowest BCUT2D eigenvalue weighted by atomic mass is 9.77. The third-order valence-electron chi connectivity index (χ3n) is 5.12. The van der Waals surface area contributed by atoms with E-state index in [0.29, 0.717) is 11.1 Å². The van der Waals surface area contributed by atoms with E-state index in [1.165, 1.54) is 7.11 Å². The van der Waals surface area contributed by atoms with Gasteiger partial charge in [-0.25, -0.2) is 4.79 Å². The first-order valence-electron chi connectivity index (χ1n) is 10.0. The molecule has 1 N–H and O–H groups in total. The molecule has 0 heterocycles. The van der Waals surface area contributed by atoms with E-state index in [0.717, 1.165) is 28.1 Å². The topological polar surface area (TPSA) is 64.6 Å². The number of nitrogens with one attached hydrogen (secondary N) is 1. The first-order chi connectivity index (χ1) is 13.8. The summed E-state index contributed by atoms with van der Waals surface area (Å²) in [6.45, 7) is 14.8. The number of esters is 1. The molecular weight excluding hydrogens is 378 g/mol. The van der Waals surface area contributed by atoms with Crippen LogP contribution >= 0.6 is 0 Å². The molecule has 0 aliphatic carbocycles. The molecule has 2 aromatic rings.